The van der Waals surface area contributed by atoms with Crippen LogP contribution in [-0.2, 0) is 24.4 Å². The highest BCUT2D eigenvalue weighted by Crippen LogP contribution is 2.24. The van der Waals surface area contributed by atoms with E-state index in [0.717, 1.165) is 0 Å². The summed E-state index contributed by atoms with van der Waals surface area (Å²) >= 11 is 3.13. The smallest absolute Gasteiger partial charge is 0.426 e. The van der Waals surface area contributed by atoms with Gasteiger partial charge in [-0.1, -0.05) is 22.0 Å². The van der Waals surface area contributed by atoms with Crippen LogP contribution in [0.3, 0.4) is 0 Å². The average Bonchev–Trinajstić information content (AvgIpc) is 2.44. The van der Waals surface area contributed by atoms with Gasteiger partial charge in [0.25, 0.3) is 10.1 Å². The zero-order valence-corrected chi connectivity index (χ0v) is 14.7. The molecule has 0 aliphatic carbocycles. The van der Waals surface area contributed by atoms with Crippen molar-refractivity contribution >= 4 is 38.0 Å². The Labute approximate surface area is 149 Å². The van der Waals surface area contributed by atoms with Gasteiger partial charge in [0.1, 0.15) is 12.4 Å². The number of rotatable bonds is 7. The van der Waals surface area contributed by atoms with Crippen LogP contribution in [0.5, 0.6) is 0 Å². The number of esters is 2. The zero-order chi connectivity index (χ0) is 19.3. The van der Waals surface area contributed by atoms with Gasteiger partial charge < -0.3 is 9.47 Å². The van der Waals surface area contributed by atoms with Crippen LogP contribution < -0.4 is 0 Å². The minimum absolute atomic E-state index is 0.155. The van der Waals surface area contributed by atoms with E-state index in [1.807, 2.05) is 0 Å². The molecule has 12 heteroatoms. The monoisotopic (exact) mass is 448 g/mol. The highest BCUT2D eigenvalue weighted by Gasteiger charge is 2.45. The van der Waals surface area contributed by atoms with Gasteiger partial charge in [0.2, 0.25) is 6.10 Å². The fourth-order valence-corrected chi connectivity index (χ4v) is 2.57. The van der Waals surface area contributed by atoms with Gasteiger partial charge in [-0.15, -0.1) is 0 Å². The fraction of sp³-hybridized carbons (Fsp3) is 0.385. The molecule has 0 fully saturated rings. The topological polar surface area (TPSA) is 107 Å². The first-order chi connectivity index (χ1) is 11.4. The highest BCUT2D eigenvalue weighted by molar-refractivity contribution is 9.10. The van der Waals surface area contributed by atoms with Gasteiger partial charge in [-0.2, -0.15) is 21.6 Å². The predicted molar refractivity (Wildman–Crippen MR) is 81.4 cm³/mol. The quantitative estimate of drug-likeness (QED) is 0.503. The summed E-state index contributed by atoms with van der Waals surface area (Å²) in [4.78, 5) is 23.0. The van der Waals surface area contributed by atoms with Crippen LogP contribution in [0.1, 0.15) is 16.8 Å². The Bertz CT molecular complexity index is 733. The standard InChI is InChI=1S/C13H12BrF3O7S/c14-9-3-1-2-8(6-9)12(19)23-5-4-11(18)24-10(13(15,16)17)7-25(20,21)22/h1-3,6,10H,4-5,7H2,(H,20,21,22). The molecule has 0 saturated carbocycles. The number of carbonyl (C=O) groups excluding carboxylic acids is 2. The molecule has 7 nitrogen and oxygen atoms in total. The molecular formula is C13H12BrF3O7S. The van der Waals surface area contributed by atoms with Crippen molar-refractivity contribution in [3.8, 4) is 0 Å². The van der Waals surface area contributed by atoms with Crippen LogP contribution in [0.4, 0.5) is 13.2 Å². The third-order valence-corrected chi connectivity index (χ3v) is 3.82. The number of alkyl halides is 3. The van der Waals surface area contributed by atoms with Crippen LogP contribution in [0.2, 0.25) is 0 Å². The summed E-state index contributed by atoms with van der Waals surface area (Å²) in [5.74, 6) is -4.06. The molecule has 0 radical (unpaired) electrons. The van der Waals surface area contributed by atoms with Crippen molar-refractivity contribution in [1.82, 2.24) is 0 Å². The van der Waals surface area contributed by atoms with Crippen molar-refractivity contribution in [3.63, 3.8) is 0 Å². The first kappa shape index (κ1) is 21.4. The molecule has 0 amide bonds. The summed E-state index contributed by atoms with van der Waals surface area (Å²) in [6.07, 6.45) is -8.92. The number of hydrogen-bond donors (Lipinski definition) is 1. The van der Waals surface area contributed by atoms with Crippen LogP contribution in [-0.4, -0.2) is 49.5 Å². The van der Waals surface area contributed by atoms with Crippen molar-refractivity contribution in [2.24, 2.45) is 0 Å². The van der Waals surface area contributed by atoms with Crippen molar-refractivity contribution in [3.05, 3.63) is 34.3 Å². The number of hydrogen-bond acceptors (Lipinski definition) is 6. The van der Waals surface area contributed by atoms with E-state index in [1.165, 1.54) is 12.1 Å². The lowest BCUT2D eigenvalue weighted by atomic mass is 10.2. The Morgan fingerprint density at radius 3 is 2.44 bits per heavy atom. The minimum Gasteiger partial charge on any atom is -0.461 e. The van der Waals surface area contributed by atoms with Crippen LogP contribution in [0.15, 0.2) is 28.7 Å². The molecule has 0 aliphatic heterocycles. The molecule has 1 aromatic rings. The largest absolute Gasteiger partial charge is 0.461 e. The van der Waals surface area contributed by atoms with Crippen molar-refractivity contribution in [2.75, 3.05) is 12.4 Å². The number of carbonyl (C=O) groups is 2. The van der Waals surface area contributed by atoms with E-state index in [9.17, 15) is 31.2 Å². The maximum atomic E-state index is 12.6. The summed E-state index contributed by atoms with van der Waals surface area (Å²) in [5, 5.41) is 0. The molecule has 25 heavy (non-hydrogen) atoms. The SMILES string of the molecule is O=C(CCOC(=O)c1cccc(Br)c1)OC(CS(=O)(=O)O)C(F)(F)F. The molecule has 1 unspecified atom stereocenters. The van der Waals surface area contributed by atoms with Crippen LogP contribution in [0, 0.1) is 0 Å². The summed E-state index contributed by atoms with van der Waals surface area (Å²) in [6, 6.07) is 6.07. The van der Waals surface area contributed by atoms with Gasteiger partial charge in [0.05, 0.1) is 12.0 Å². The second-order valence-corrected chi connectivity index (χ2v) is 7.08. The van der Waals surface area contributed by atoms with Gasteiger partial charge >= 0.3 is 18.1 Å². The Morgan fingerprint density at radius 2 is 1.92 bits per heavy atom. The lowest BCUT2D eigenvalue weighted by Crippen LogP contribution is -2.39. The van der Waals surface area contributed by atoms with E-state index in [4.69, 9.17) is 9.29 Å². The van der Waals surface area contributed by atoms with E-state index in [-0.39, 0.29) is 5.56 Å². The third-order valence-electron chi connectivity index (χ3n) is 2.60. The van der Waals surface area contributed by atoms with Gasteiger partial charge in [0.15, 0.2) is 0 Å². The number of halogens is 4. The molecule has 1 atom stereocenters. The van der Waals surface area contributed by atoms with E-state index in [0.29, 0.717) is 4.47 Å². The molecular weight excluding hydrogens is 437 g/mol. The molecule has 1 aromatic carbocycles. The van der Waals surface area contributed by atoms with Crippen molar-refractivity contribution < 1.29 is 45.2 Å². The second-order valence-electron chi connectivity index (χ2n) is 4.66. The van der Waals surface area contributed by atoms with E-state index < -0.39 is 53.1 Å². The predicted octanol–water partition coefficient (Wildman–Crippen LogP) is 2.36. The fourth-order valence-electron chi connectivity index (χ4n) is 1.53. The minimum atomic E-state index is -5.18. The molecule has 0 aromatic heterocycles. The molecule has 0 spiro atoms. The maximum Gasteiger partial charge on any atom is 0.426 e. The summed E-state index contributed by atoms with van der Waals surface area (Å²) < 4.78 is 76.6. The molecule has 1 rings (SSSR count). The molecule has 0 heterocycles. The lowest BCUT2D eigenvalue weighted by Gasteiger charge is -2.19. The Hall–Kier alpha value is -1.66. The summed E-state index contributed by atoms with van der Waals surface area (Å²) in [5.41, 5.74) is 0.155. The Morgan fingerprint density at radius 1 is 1.28 bits per heavy atom. The third kappa shape index (κ3) is 8.31. The molecule has 0 aliphatic rings. The lowest BCUT2D eigenvalue weighted by molar-refractivity contribution is -0.215. The zero-order valence-electron chi connectivity index (χ0n) is 12.3. The summed E-state index contributed by atoms with van der Waals surface area (Å²) in [6.45, 7) is -0.569. The molecule has 0 bridgehead atoms. The molecule has 140 valence electrons. The summed E-state index contributed by atoms with van der Waals surface area (Å²) in [7, 11) is -5.01. The Balaban J connectivity index is 2.54. The molecule has 1 N–H and O–H groups in total. The van der Waals surface area contributed by atoms with E-state index in [1.54, 1.807) is 12.1 Å². The molecule has 0 saturated heterocycles. The normalized spacial score (nSPS) is 13.2. The van der Waals surface area contributed by atoms with Gasteiger partial charge in [-0.3, -0.25) is 9.35 Å². The Kier molecular flexibility index (Phi) is 7.38. The van der Waals surface area contributed by atoms with E-state index in [2.05, 4.69) is 20.7 Å². The number of ether oxygens (including phenoxy) is 2. The first-order valence-corrected chi connectivity index (χ1v) is 8.93. The number of benzene rings is 1. The van der Waals surface area contributed by atoms with Crippen molar-refractivity contribution in [1.29, 1.82) is 0 Å². The average molecular weight is 449 g/mol. The second kappa shape index (κ2) is 8.63. The van der Waals surface area contributed by atoms with Crippen molar-refractivity contribution in [2.45, 2.75) is 18.7 Å². The van der Waals surface area contributed by atoms with Gasteiger partial charge in [-0.25, -0.2) is 4.79 Å². The first-order valence-electron chi connectivity index (χ1n) is 6.52. The highest BCUT2D eigenvalue weighted by atomic mass is 79.9. The van der Waals surface area contributed by atoms with Crippen LogP contribution >= 0.6 is 15.9 Å². The van der Waals surface area contributed by atoms with Crippen LogP contribution in [0.25, 0.3) is 0 Å². The van der Waals surface area contributed by atoms with Gasteiger partial charge in [-0.05, 0) is 18.2 Å². The maximum absolute atomic E-state index is 12.6. The van der Waals surface area contributed by atoms with E-state index >= 15 is 0 Å². The van der Waals surface area contributed by atoms with Gasteiger partial charge in [0, 0.05) is 4.47 Å².